The number of nitrogens with zero attached hydrogens (tertiary/aromatic N) is 3. The summed E-state index contributed by atoms with van der Waals surface area (Å²) >= 11 is 0. The summed E-state index contributed by atoms with van der Waals surface area (Å²) in [6, 6.07) is 0. The quantitative estimate of drug-likeness (QED) is 0.565. The van der Waals surface area contributed by atoms with Crippen LogP contribution in [0, 0.1) is 0 Å². The third-order valence-corrected chi connectivity index (χ3v) is 1.90. The lowest BCUT2D eigenvalue weighted by Crippen LogP contribution is -2.29. The maximum absolute atomic E-state index is 3.99. The molecule has 3 heteroatoms. The molecular formula is C7H11N3. The van der Waals surface area contributed by atoms with Crippen molar-refractivity contribution in [3.05, 3.63) is 18.7 Å². The third kappa shape index (κ3) is 0.875. The molecule has 0 unspecified atom stereocenters. The Morgan fingerprint density at radius 1 is 1.20 bits per heavy atom. The Morgan fingerprint density at radius 3 is 2.60 bits per heavy atom. The van der Waals surface area contributed by atoms with Crippen molar-refractivity contribution < 1.29 is 0 Å². The van der Waals surface area contributed by atoms with E-state index in [1.54, 1.807) is 0 Å². The van der Waals surface area contributed by atoms with Gasteiger partial charge < -0.3 is 5.01 Å². The van der Waals surface area contributed by atoms with Gasteiger partial charge in [0.15, 0.2) is 0 Å². The van der Waals surface area contributed by atoms with Gasteiger partial charge in [-0.1, -0.05) is 0 Å². The van der Waals surface area contributed by atoms with E-state index >= 15 is 0 Å². The van der Waals surface area contributed by atoms with Crippen molar-refractivity contribution in [2.45, 2.75) is 12.8 Å². The third-order valence-electron chi connectivity index (χ3n) is 1.90. The van der Waals surface area contributed by atoms with E-state index in [0.29, 0.717) is 0 Å². The Labute approximate surface area is 60.3 Å². The van der Waals surface area contributed by atoms with Crippen LogP contribution in [0.1, 0.15) is 12.8 Å². The van der Waals surface area contributed by atoms with Crippen LogP contribution in [0.2, 0.25) is 0 Å². The molecule has 10 heavy (non-hydrogen) atoms. The fourth-order valence-electron chi connectivity index (χ4n) is 1.35. The van der Waals surface area contributed by atoms with Crippen molar-refractivity contribution in [1.82, 2.24) is 9.66 Å². The number of hydrogen-bond acceptors (Lipinski definition) is 2. The molecule has 0 spiro atoms. The largest absolute Gasteiger partial charge is 0.312 e. The van der Waals surface area contributed by atoms with E-state index in [2.05, 4.69) is 14.7 Å². The number of hydrogen-bond donors (Lipinski definition) is 0. The summed E-state index contributed by atoms with van der Waals surface area (Å²) in [5.74, 6) is 0. The smallest absolute Gasteiger partial charge is 0.114 e. The van der Waals surface area contributed by atoms with Gasteiger partial charge in [0.1, 0.15) is 6.33 Å². The predicted molar refractivity (Wildman–Crippen MR) is 39.4 cm³/mol. The molecule has 0 bridgehead atoms. The van der Waals surface area contributed by atoms with Crippen LogP contribution in [0.15, 0.2) is 18.7 Å². The molecular weight excluding hydrogens is 126 g/mol. The summed E-state index contributed by atoms with van der Waals surface area (Å²) in [6.07, 6.45) is 8.30. The van der Waals surface area contributed by atoms with E-state index in [0.717, 1.165) is 0 Å². The van der Waals surface area contributed by atoms with Gasteiger partial charge in [-0.3, -0.25) is 4.68 Å². The normalized spacial score (nSPS) is 18.2. The molecule has 54 valence electrons. The van der Waals surface area contributed by atoms with Gasteiger partial charge in [0.25, 0.3) is 0 Å². The average Bonchev–Trinajstić information content (AvgIpc) is 2.59. The van der Waals surface area contributed by atoms with Crippen molar-refractivity contribution in [3.63, 3.8) is 0 Å². The second-order valence-electron chi connectivity index (χ2n) is 2.60. The number of rotatable bonds is 1. The Balaban J connectivity index is 2.12. The Morgan fingerprint density at radius 2 is 2.00 bits per heavy atom. The van der Waals surface area contributed by atoms with Gasteiger partial charge in [0.2, 0.25) is 0 Å². The molecule has 0 saturated carbocycles. The summed E-state index contributed by atoms with van der Waals surface area (Å²) in [7, 11) is 0. The Bertz CT molecular complexity index is 187. The van der Waals surface area contributed by atoms with E-state index in [9.17, 15) is 0 Å². The monoisotopic (exact) mass is 137 g/mol. The van der Waals surface area contributed by atoms with Gasteiger partial charge in [-0.2, -0.15) is 0 Å². The van der Waals surface area contributed by atoms with E-state index < -0.39 is 0 Å². The van der Waals surface area contributed by atoms with E-state index in [1.807, 2.05) is 18.7 Å². The average molecular weight is 137 g/mol. The SMILES string of the molecule is c1cn(N2CCCC2)cn1. The van der Waals surface area contributed by atoms with Crippen LogP contribution in [-0.2, 0) is 0 Å². The Hall–Kier alpha value is -0.990. The zero-order valence-corrected chi connectivity index (χ0v) is 5.90. The summed E-state index contributed by atoms with van der Waals surface area (Å²) in [5.41, 5.74) is 0. The second kappa shape index (κ2) is 2.33. The lowest BCUT2D eigenvalue weighted by atomic mass is 10.4. The van der Waals surface area contributed by atoms with Crippen LogP contribution < -0.4 is 5.01 Å². The van der Waals surface area contributed by atoms with Crippen LogP contribution >= 0.6 is 0 Å². The topological polar surface area (TPSA) is 21.1 Å². The molecule has 2 heterocycles. The minimum absolute atomic E-state index is 1.18. The maximum atomic E-state index is 3.99. The highest BCUT2D eigenvalue weighted by atomic mass is 15.6. The molecule has 0 aromatic carbocycles. The van der Waals surface area contributed by atoms with Crippen molar-refractivity contribution in [1.29, 1.82) is 0 Å². The van der Waals surface area contributed by atoms with Crippen molar-refractivity contribution in [2.24, 2.45) is 0 Å². The molecule has 1 aromatic heterocycles. The zero-order valence-electron chi connectivity index (χ0n) is 5.90. The Kier molecular flexibility index (Phi) is 1.34. The first-order valence-electron chi connectivity index (χ1n) is 3.70. The first kappa shape index (κ1) is 5.77. The number of imidazole rings is 1. The predicted octanol–water partition coefficient (Wildman–Crippen LogP) is 0.615. The van der Waals surface area contributed by atoms with Crippen molar-refractivity contribution in [3.8, 4) is 0 Å². The first-order valence-corrected chi connectivity index (χ1v) is 3.70. The molecule has 0 aliphatic carbocycles. The van der Waals surface area contributed by atoms with Gasteiger partial charge in [-0.25, -0.2) is 4.98 Å². The molecule has 2 rings (SSSR count). The lowest BCUT2D eigenvalue weighted by Gasteiger charge is -2.17. The van der Waals surface area contributed by atoms with E-state index in [4.69, 9.17) is 0 Å². The fourth-order valence-corrected chi connectivity index (χ4v) is 1.35. The van der Waals surface area contributed by atoms with Crippen LogP contribution in [0.4, 0.5) is 0 Å². The van der Waals surface area contributed by atoms with Gasteiger partial charge in [0.05, 0.1) is 0 Å². The minimum atomic E-state index is 1.18. The molecule has 1 aliphatic heterocycles. The van der Waals surface area contributed by atoms with Gasteiger partial charge in [-0.15, -0.1) is 0 Å². The fraction of sp³-hybridized carbons (Fsp3) is 0.571. The minimum Gasteiger partial charge on any atom is -0.312 e. The highest BCUT2D eigenvalue weighted by Crippen LogP contribution is 2.05. The molecule has 1 fully saturated rings. The molecule has 1 aromatic rings. The highest BCUT2D eigenvalue weighted by molar-refractivity contribution is 4.92. The summed E-state index contributed by atoms with van der Waals surface area (Å²) < 4.78 is 2.06. The number of aromatic nitrogens is 2. The van der Waals surface area contributed by atoms with Crippen LogP contribution in [-0.4, -0.2) is 22.7 Å². The maximum Gasteiger partial charge on any atom is 0.114 e. The highest BCUT2D eigenvalue weighted by Gasteiger charge is 2.09. The second-order valence-corrected chi connectivity index (χ2v) is 2.60. The van der Waals surface area contributed by atoms with Crippen molar-refractivity contribution in [2.75, 3.05) is 18.1 Å². The molecule has 0 atom stereocenters. The van der Waals surface area contributed by atoms with Gasteiger partial charge >= 0.3 is 0 Å². The molecule has 0 radical (unpaired) electrons. The summed E-state index contributed by atoms with van der Waals surface area (Å²) in [4.78, 5) is 3.99. The van der Waals surface area contributed by atoms with Crippen LogP contribution in [0.5, 0.6) is 0 Å². The van der Waals surface area contributed by atoms with Crippen LogP contribution in [0.25, 0.3) is 0 Å². The van der Waals surface area contributed by atoms with Crippen molar-refractivity contribution >= 4 is 0 Å². The molecule has 1 saturated heterocycles. The van der Waals surface area contributed by atoms with Gasteiger partial charge in [-0.05, 0) is 12.8 Å². The zero-order chi connectivity index (χ0) is 6.81. The first-order chi connectivity index (χ1) is 4.97. The standard InChI is InChI=1S/C7H11N3/c1-2-5-9(4-1)10-6-3-8-7-10/h3,6-7H,1-2,4-5H2. The van der Waals surface area contributed by atoms with Crippen LogP contribution in [0.3, 0.4) is 0 Å². The van der Waals surface area contributed by atoms with Gasteiger partial charge in [0, 0.05) is 25.5 Å². The van der Waals surface area contributed by atoms with E-state index in [-0.39, 0.29) is 0 Å². The lowest BCUT2D eigenvalue weighted by molar-refractivity contribution is 0.663. The molecule has 1 aliphatic rings. The summed E-state index contributed by atoms with van der Waals surface area (Å²) in [6.45, 7) is 2.35. The molecule has 3 nitrogen and oxygen atoms in total. The molecule has 0 N–H and O–H groups in total. The van der Waals surface area contributed by atoms with E-state index in [1.165, 1.54) is 25.9 Å². The molecule has 0 amide bonds. The summed E-state index contributed by atoms with van der Waals surface area (Å²) in [5, 5.41) is 2.30.